The Bertz CT molecular complexity index is 1490. The minimum absolute atomic E-state index is 0.117. The number of hydrogen-bond donors (Lipinski definition) is 7. The van der Waals surface area contributed by atoms with Gasteiger partial charge in [0, 0.05) is 0 Å². The van der Waals surface area contributed by atoms with Crippen LogP contribution >= 0.6 is 54.8 Å². The lowest BCUT2D eigenvalue weighted by Crippen LogP contribution is -2.18. The highest BCUT2D eigenvalue weighted by Crippen LogP contribution is 2.50. The lowest BCUT2D eigenvalue weighted by molar-refractivity contribution is 0.0498. The average molecular weight is 968 g/mol. The van der Waals surface area contributed by atoms with Crippen LogP contribution < -0.4 is 0 Å². The number of phosphoric ester groups is 7. The van der Waals surface area contributed by atoms with Crippen molar-refractivity contribution < 1.29 is 130 Å². The van der Waals surface area contributed by atoms with Crippen LogP contribution in [0.3, 0.4) is 0 Å². The molecule has 56 heavy (non-hydrogen) atoms. The molecule has 7 unspecified atom stereocenters. The normalized spacial score (nSPS) is 20.4. The Labute approximate surface area is 322 Å². The molecule has 0 saturated heterocycles. The summed E-state index contributed by atoms with van der Waals surface area (Å²) in [6, 6.07) is 0. The second kappa shape index (κ2) is 25.0. The molecule has 0 heterocycles. The molecule has 0 bridgehead atoms. The molecular weight excluding hydrogens is 917 g/mol. The van der Waals surface area contributed by atoms with Gasteiger partial charge in [-0.25, -0.2) is 32.0 Å². The molecule has 0 amide bonds. The molecule has 7 atom stereocenters. The monoisotopic (exact) mass is 968 g/mol. The zero-order chi connectivity index (χ0) is 43.6. The third-order valence-corrected chi connectivity index (χ3v) is 11.9. The van der Waals surface area contributed by atoms with Gasteiger partial charge < -0.3 is 34.3 Å². The summed E-state index contributed by atoms with van der Waals surface area (Å²) in [6.07, 6.45) is 0. The van der Waals surface area contributed by atoms with Crippen LogP contribution in [-0.2, 0) is 95.3 Å². The van der Waals surface area contributed by atoms with Gasteiger partial charge in [0.2, 0.25) is 0 Å². The van der Waals surface area contributed by atoms with E-state index >= 15 is 0 Å². The van der Waals surface area contributed by atoms with E-state index in [4.69, 9.17) is 9.05 Å². The molecule has 0 aromatic carbocycles. The summed E-state index contributed by atoms with van der Waals surface area (Å²) >= 11 is 0. The maximum Gasteiger partial charge on any atom is 0.472 e. The predicted octanol–water partition coefficient (Wildman–Crippen LogP) is 3.77. The summed E-state index contributed by atoms with van der Waals surface area (Å²) in [7, 11) is -33.0. The second-order valence-corrected chi connectivity index (χ2v) is 22.4. The first-order chi connectivity index (χ1) is 25.2. The molecule has 0 aromatic rings. The number of hydrogen-bond acceptors (Lipinski definition) is 21. The fraction of sp³-hybridized carbons (Fsp3) is 1.00. The Kier molecular flexibility index (Phi) is 25.4. The standard InChI is InChI=1S/C21H51O28P7/c1-20(2,3)19-48-55(32,33)46-16-15-44-53(28,29)42-12-11-40-51(24,25)38-8-7-36-50(22,23)37-9-10-39-52(26,27)41-13-14-43-54(30,31)45-17-18-47-56(34,35)49-21(4,5)6/h7-19H2,1-6H3,(H,22,23)(H,24,25)(H,26,27)(H,28,29)(H,30,31)(H,32,33)(H,34,35). The lowest BCUT2D eigenvalue weighted by atomic mass is 9.99. The zero-order valence-corrected chi connectivity index (χ0v) is 37.3. The first kappa shape index (κ1) is 56.8. The zero-order valence-electron chi connectivity index (χ0n) is 31.0. The second-order valence-electron chi connectivity index (χ2n) is 12.3. The van der Waals surface area contributed by atoms with Gasteiger partial charge in [0.1, 0.15) is 0 Å². The van der Waals surface area contributed by atoms with Crippen molar-refractivity contribution in [3.63, 3.8) is 0 Å². The van der Waals surface area contributed by atoms with Gasteiger partial charge in [0.05, 0.1) is 91.5 Å². The Morgan fingerprint density at radius 1 is 0.304 bits per heavy atom. The summed E-state index contributed by atoms with van der Waals surface area (Å²) in [5, 5.41) is 0. The third kappa shape index (κ3) is 34.5. The van der Waals surface area contributed by atoms with E-state index in [1.165, 1.54) is 20.8 Å². The number of rotatable bonds is 33. The predicted molar refractivity (Wildman–Crippen MR) is 186 cm³/mol. The Hall–Kier alpha value is 0.770. The fourth-order valence-electron chi connectivity index (χ4n) is 2.70. The molecule has 0 aliphatic rings. The third-order valence-electron chi connectivity index (χ3n) is 4.60. The van der Waals surface area contributed by atoms with E-state index < -0.39 is 145 Å². The maximum atomic E-state index is 11.9. The minimum atomic E-state index is -4.87. The molecule has 0 fully saturated rings. The van der Waals surface area contributed by atoms with E-state index in [1.807, 2.05) is 0 Å². The van der Waals surface area contributed by atoms with Gasteiger partial charge >= 0.3 is 54.8 Å². The quantitative estimate of drug-likeness (QED) is 0.0363. The van der Waals surface area contributed by atoms with Gasteiger partial charge in [-0.05, 0) is 26.2 Å². The average Bonchev–Trinajstić information content (AvgIpc) is 3.00. The molecule has 7 N–H and O–H groups in total. The lowest BCUT2D eigenvalue weighted by Gasteiger charge is -2.22. The van der Waals surface area contributed by atoms with Crippen LogP contribution in [0.25, 0.3) is 0 Å². The van der Waals surface area contributed by atoms with Crippen molar-refractivity contribution in [1.29, 1.82) is 0 Å². The van der Waals surface area contributed by atoms with Crippen molar-refractivity contribution in [3.8, 4) is 0 Å². The Balaban J connectivity index is 4.21. The van der Waals surface area contributed by atoms with Gasteiger partial charge in [-0.1, -0.05) is 20.8 Å². The van der Waals surface area contributed by atoms with Crippen LogP contribution in [0.15, 0.2) is 0 Å². The SMILES string of the molecule is CC(C)(C)COP(=O)(O)OCCOP(=O)(O)OCCOP(=O)(O)OCCOP(=O)(O)OCCOP(=O)(O)OCCOP(=O)(O)OCCOP(=O)(O)OC(C)(C)C. The summed E-state index contributed by atoms with van der Waals surface area (Å²) < 4.78 is 146. The van der Waals surface area contributed by atoms with Gasteiger partial charge in [0.25, 0.3) is 0 Å². The summed E-state index contributed by atoms with van der Waals surface area (Å²) in [5.74, 6) is 0. The Morgan fingerprint density at radius 2 is 0.464 bits per heavy atom. The van der Waals surface area contributed by atoms with Crippen LogP contribution in [0.1, 0.15) is 41.5 Å². The molecule has 35 heteroatoms. The van der Waals surface area contributed by atoms with Crippen molar-refractivity contribution in [2.45, 2.75) is 47.1 Å². The fourth-order valence-corrected chi connectivity index (χ4v) is 8.11. The van der Waals surface area contributed by atoms with E-state index in [9.17, 15) is 66.2 Å². The molecular formula is C21H51O28P7. The van der Waals surface area contributed by atoms with E-state index in [0.29, 0.717) is 0 Å². The highest BCUT2D eigenvalue weighted by molar-refractivity contribution is 7.49. The highest BCUT2D eigenvalue weighted by atomic mass is 31.2. The van der Waals surface area contributed by atoms with Crippen molar-refractivity contribution in [1.82, 2.24) is 0 Å². The van der Waals surface area contributed by atoms with E-state index in [1.54, 1.807) is 20.8 Å². The summed E-state index contributed by atoms with van der Waals surface area (Å²) in [6.45, 7) is 0.469. The summed E-state index contributed by atoms with van der Waals surface area (Å²) in [5.41, 5.74) is -1.47. The van der Waals surface area contributed by atoms with Gasteiger partial charge in [-0.2, -0.15) is 0 Å². The van der Waals surface area contributed by atoms with Crippen LogP contribution in [0.2, 0.25) is 0 Å². The molecule has 28 nitrogen and oxygen atoms in total. The smallest absolute Gasteiger partial charge is 0.302 e. The van der Waals surface area contributed by atoms with Crippen molar-refractivity contribution in [2.24, 2.45) is 5.41 Å². The molecule has 0 aliphatic carbocycles. The number of phosphoric acid groups is 7. The molecule has 338 valence electrons. The van der Waals surface area contributed by atoms with Gasteiger partial charge in [-0.15, -0.1) is 0 Å². The van der Waals surface area contributed by atoms with E-state index in [-0.39, 0.29) is 6.61 Å². The first-order valence-corrected chi connectivity index (χ1v) is 26.0. The van der Waals surface area contributed by atoms with Crippen LogP contribution in [-0.4, -0.2) is 126 Å². The van der Waals surface area contributed by atoms with Crippen LogP contribution in [0.5, 0.6) is 0 Å². The molecule has 0 aliphatic heterocycles. The minimum Gasteiger partial charge on any atom is -0.302 e. The van der Waals surface area contributed by atoms with Crippen molar-refractivity contribution in [2.75, 3.05) is 85.9 Å². The van der Waals surface area contributed by atoms with Crippen molar-refractivity contribution >= 4 is 54.8 Å². The highest BCUT2D eigenvalue weighted by Gasteiger charge is 2.31. The molecule has 0 saturated carbocycles. The largest absolute Gasteiger partial charge is 0.472 e. The van der Waals surface area contributed by atoms with Crippen LogP contribution in [0.4, 0.5) is 0 Å². The van der Waals surface area contributed by atoms with E-state index in [0.717, 1.165) is 0 Å². The van der Waals surface area contributed by atoms with Gasteiger partial charge in [0.15, 0.2) is 0 Å². The molecule has 0 spiro atoms. The molecule has 0 rings (SSSR count). The summed E-state index contributed by atoms with van der Waals surface area (Å²) in [4.78, 5) is 67.2. The molecule has 0 aromatic heterocycles. The maximum absolute atomic E-state index is 11.9. The topological polar surface area (TPSA) is 390 Å². The van der Waals surface area contributed by atoms with Gasteiger partial charge in [-0.3, -0.25) is 63.3 Å². The Morgan fingerprint density at radius 3 is 0.625 bits per heavy atom. The first-order valence-electron chi connectivity index (χ1n) is 15.5. The molecule has 0 radical (unpaired) electrons. The van der Waals surface area contributed by atoms with E-state index in [2.05, 4.69) is 54.3 Å². The van der Waals surface area contributed by atoms with Crippen molar-refractivity contribution in [3.05, 3.63) is 0 Å². The van der Waals surface area contributed by atoms with Crippen LogP contribution in [0, 0.1) is 5.41 Å².